The van der Waals surface area contributed by atoms with Crippen LogP contribution in [-0.4, -0.2) is 29.8 Å². The summed E-state index contributed by atoms with van der Waals surface area (Å²) >= 11 is 0. The van der Waals surface area contributed by atoms with Gasteiger partial charge in [0.25, 0.3) is 0 Å². The number of alkyl halides is 3. The average molecular weight is 406 g/mol. The number of carbonyl (C=O) groups is 2. The van der Waals surface area contributed by atoms with E-state index < -0.39 is 11.7 Å². The molecule has 0 bridgehead atoms. The zero-order chi connectivity index (χ0) is 20.6. The number of nitrogens with one attached hydrogen (secondary N) is 1. The van der Waals surface area contributed by atoms with Crippen LogP contribution in [0.4, 0.5) is 18.9 Å². The third kappa shape index (κ3) is 3.13. The van der Waals surface area contributed by atoms with E-state index in [1.165, 1.54) is 25.3 Å². The maximum atomic E-state index is 12.8. The van der Waals surface area contributed by atoms with E-state index in [0.29, 0.717) is 29.8 Å². The van der Waals surface area contributed by atoms with E-state index in [4.69, 9.17) is 0 Å². The van der Waals surface area contributed by atoms with E-state index in [2.05, 4.69) is 5.32 Å². The minimum atomic E-state index is -4.39. The van der Waals surface area contributed by atoms with E-state index >= 15 is 0 Å². The number of piperidine rings is 1. The van der Waals surface area contributed by atoms with Gasteiger partial charge in [-0.2, -0.15) is 13.2 Å². The van der Waals surface area contributed by atoms with E-state index in [0.717, 1.165) is 25.0 Å². The molecule has 1 aromatic carbocycles. The van der Waals surface area contributed by atoms with Crippen molar-refractivity contribution in [1.82, 2.24) is 4.90 Å². The van der Waals surface area contributed by atoms with E-state index in [1.807, 2.05) is 4.90 Å². The summed E-state index contributed by atoms with van der Waals surface area (Å²) < 4.78 is 38.4. The molecule has 1 saturated heterocycles. The number of carbonyl (C=O) groups excluding carboxylic acids is 2. The summed E-state index contributed by atoms with van der Waals surface area (Å²) in [6, 6.07) is 3.36. The van der Waals surface area contributed by atoms with Gasteiger partial charge in [0.05, 0.1) is 5.56 Å². The highest BCUT2D eigenvalue weighted by atomic mass is 19.4. The van der Waals surface area contributed by atoms with Gasteiger partial charge in [0.15, 0.2) is 0 Å². The molecule has 5 rings (SSSR count). The highest BCUT2D eigenvalue weighted by Crippen LogP contribution is 2.60. The summed E-state index contributed by atoms with van der Waals surface area (Å²) in [6.07, 6.45) is 1.52. The molecule has 1 heterocycles. The summed E-state index contributed by atoms with van der Waals surface area (Å²) in [6.45, 7) is 2.83. The molecule has 3 aliphatic carbocycles. The average Bonchev–Trinajstić information content (AvgIpc) is 3.07. The van der Waals surface area contributed by atoms with Crippen LogP contribution in [0.2, 0.25) is 0 Å². The van der Waals surface area contributed by atoms with Gasteiger partial charge in [-0.05, 0) is 73.6 Å². The minimum absolute atomic E-state index is 0.139. The van der Waals surface area contributed by atoms with Crippen LogP contribution in [0.15, 0.2) is 18.2 Å². The second-order valence-electron chi connectivity index (χ2n) is 9.57. The first-order valence-corrected chi connectivity index (χ1v) is 10.4. The number of nitrogens with zero attached hydrogens (tertiary/aromatic N) is 1. The Morgan fingerprint density at radius 2 is 1.79 bits per heavy atom. The molecule has 0 aromatic heterocycles. The molecule has 2 atom stereocenters. The van der Waals surface area contributed by atoms with Crippen LogP contribution in [0, 0.1) is 36.0 Å². The van der Waals surface area contributed by atoms with Gasteiger partial charge in [-0.3, -0.25) is 9.59 Å². The first kappa shape index (κ1) is 18.9. The number of amides is 2. The normalized spacial score (nSPS) is 29.8. The number of likely N-dealkylation sites (tertiary alicyclic amines) is 1. The molecule has 0 unspecified atom stereocenters. The molecule has 4 aliphatic rings. The molecule has 3 saturated carbocycles. The van der Waals surface area contributed by atoms with Gasteiger partial charge in [0.2, 0.25) is 11.8 Å². The Kier molecular flexibility index (Phi) is 4.07. The zero-order valence-corrected chi connectivity index (χ0v) is 16.4. The van der Waals surface area contributed by atoms with Gasteiger partial charge in [-0.1, -0.05) is 6.42 Å². The quantitative estimate of drug-likeness (QED) is 0.817. The van der Waals surface area contributed by atoms with Crippen LogP contribution in [0.3, 0.4) is 0 Å². The Labute approximate surface area is 167 Å². The fourth-order valence-corrected chi connectivity index (χ4v) is 5.79. The van der Waals surface area contributed by atoms with Crippen molar-refractivity contribution in [3.8, 4) is 0 Å². The van der Waals surface area contributed by atoms with Crippen molar-refractivity contribution in [2.24, 2.45) is 29.1 Å². The molecule has 2 amide bonds. The van der Waals surface area contributed by atoms with Gasteiger partial charge in [0.1, 0.15) is 0 Å². The van der Waals surface area contributed by atoms with Crippen LogP contribution < -0.4 is 5.32 Å². The van der Waals surface area contributed by atoms with Crippen LogP contribution in [0.25, 0.3) is 0 Å². The molecular weight excluding hydrogens is 381 g/mol. The maximum Gasteiger partial charge on any atom is 0.416 e. The number of anilines is 1. The molecule has 1 aliphatic heterocycles. The van der Waals surface area contributed by atoms with Crippen molar-refractivity contribution < 1.29 is 22.8 Å². The van der Waals surface area contributed by atoms with Gasteiger partial charge >= 0.3 is 6.18 Å². The summed E-state index contributed by atoms with van der Waals surface area (Å²) in [5.74, 6) is 0.521. The monoisotopic (exact) mass is 406 g/mol. The Hall–Kier alpha value is -2.05. The highest BCUT2D eigenvalue weighted by Gasteiger charge is 2.61. The van der Waals surface area contributed by atoms with Crippen LogP contribution in [0.5, 0.6) is 0 Å². The number of aryl methyl sites for hydroxylation is 1. The highest BCUT2D eigenvalue weighted by molar-refractivity contribution is 5.96. The summed E-state index contributed by atoms with van der Waals surface area (Å²) in [7, 11) is 0. The summed E-state index contributed by atoms with van der Waals surface area (Å²) in [5.41, 5.74) is 0.572. The smallest absolute Gasteiger partial charge is 0.342 e. The lowest BCUT2D eigenvalue weighted by Crippen LogP contribution is -2.50. The molecule has 4 nitrogen and oxygen atoms in total. The topological polar surface area (TPSA) is 49.4 Å². The Morgan fingerprint density at radius 3 is 2.31 bits per heavy atom. The number of rotatable bonds is 3. The van der Waals surface area contributed by atoms with Gasteiger partial charge in [-0.25, -0.2) is 0 Å². The molecular formula is C22H25F3N2O2. The van der Waals surface area contributed by atoms with Crippen molar-refractivity contribution in [1.29, 1.82) is 0 Å². The first-order valence-electron chi connectivity index (χ1n) is 10.4. The van der Waals surface area contributed by atoms with Crippen LogP contribution in [-0.2, 0) is 15.8 Å². The van der Waals surface area contributed by atoms with Gasteiger partial charge < -0.3 is 10.2 Å². The molecule has 1 aromatic rings. The van der Waals surface area contributed by atoms with Crippen LogP contribution in [0.1, 0.15) is 43.2 Å². The number of hydrogen-bond acceptors (Lipinski definition) is 2. The lowest BCUT2D eigenvalue weighted by atomic mass is 9.51. The molecule has 7 heteroatoms. The van der Waals surface area contributed by atoms with E-state index in [1.54, 1.807) is 6.92 Å². The minimum Gasteiger partial charge on any atom is -0.342 e. The van der Waals surface area contributed by atoms with E-state index in [-0.39, 0.29) is 35.5 Å². The SMILES string of the molecule is Cc1cc(C(F)(F)F)ccc1NC(=O)C1[C@@H]2CN(C(=O)C3CC4(CCC4)C3)C[C@@H]12. The number of fused-ring (bicyclic) bond motifs is 1. The fourth-order valence-electron chi connectivity index (χ4n) is 5.79. The van der Waals surface area contributed by atoms with Crippen molar-refractivity contribution in [3.05, 3.63) is 29.3 Å². The van der Waals surface area contributed by atoms with Crippen molar-refractivity contribution in [2.45, 2.75) is 45.2 Å². The largest absolute Gasteiger partial charge is 0.416 e. The Balaban J connectivity index is 1.14. The fraction of sp³-hybridized carbons (Fsp3) is 0.636. The predicted molar refractivity (Wildman–Crippen MR) is 101 cm³/mol. The van der Waals surface area contributed by atoms with E-state index in [9.17, 15) is 22.8 Å². The molecule has 1 N–H and O–H groups in total. The van der Waals surface area contributed by atoms with Gasteiger partial charge in [-0.15, -0.1) is 0 Å². The lowest BCUT2D eigenvalue weighted by molar-refractivity contribution is -0.147. The maximum absolute atomic E-state index is 12.8. The van der Waals surface area contributed by atoms with Crippen LogP contribution >= 0.6 is 0 Å². The third-order valence-corrected chi connectivity index (χ3v) is 7.74. The number of halogens is 3. The number of benzene rings is 1. The standard InChI is InChI=1S/C22H25F3N2O2/c1-12-7-14(22(23,24)25)3-4-17(12)26-19(28)18-15-10-27(11-16(15)18)20(29)13-8-21(9-13)5-2-6-21/h3-4,7,13,15-16,18H,2,5-6,8-11H2,1H3,(H,26,28)/t15-,16-/m1/s1. The molecule has 0 radical (unpaired) electrons. The Morgan fingerprint density at radius 1 is 1.14 bits per heavy atom. The lowest BCUT2D eigenvalue weighted by Gasteiger charge is -2.54. The zero-order valence-electron chi connectivity index (χ0n) is 16.4. The summed E-state index contributed by atoms with van der Waals surface area (Å²) in [5, 5.41) is 2.78. The van der Waals surface area contributed by atoms with Crippen molar-refractivity contribution >= 4 is 17.5 Å². The Bertz CT molecular complexity index is 857. The second kappa shape index (κ2) is 6.22. The van der Waals surface area contributed by atoms with Gasteiger partial charge in [0, 0.05) is 30.6 Å². The molecule has 1 spiro atoms. The van der Waals surface area contributed by atoms with Crippen molar-refractivity contribution in [2.75, 3.05) is 18.4 Å². The number of hydrogen-bond donors (Lipinski definition) is 1. The molecule has 29 heavy (non-hydrogen) atoms. The molecule has 156 valence electrons. The third-order valence-electron chi connectivity index (χ3n) is 7.74. The first-order chi connectivity index (χ1) is 13.7. The predicted octanol–water partition coefficient (Wildman–Crippen LogP) is 4.24. The second-order valence-corrected chi connectivity index (χ2v) is 9.57. The van der Waals surface area contributed by atoms with Crippen molar-refractivity contribution in [3.63, 3.8) is 0 Å². The summed E-state index contributed by atoms with van der Waals surface area (Å²) in [4.78, 5) is 27.2. The molecule has 4 fully saturated rings.